The summed E-state index contributed by atoms with van der Waals surface area (Å²) in [7, 11) is 0. The monoisotopic (exact) mass is 305 g/mol. The summed E-state index contributed by atoms with van der Waals surface area (Å²) < 4.78 is 16.8. The van der Waals surface area contributed by atoms with Crippen LogP contribution in [0.25, 0.3) is 0 Å². The number of benzene rings is 1. The number of carbonyl (C=O) groups is 1. The van der Waals surface area contributed by atoms with E-state index < -0.39 is 0 Å². The lowest BCUT2D eigenvalue weighted by molar-refractivity contribution is -0.120. The highest BCUT2D eigenvalue weighted by Crippen LogP contribution is 2.26. The quantitative estimate of drug-likeness (QED) is 0.798. The molecule has 2 aliphatic rings. The average molecular weight is 305 g/mol. The first-order valence-corrected chi connectivity index (χ1v) is 7.79. The maximum atomic E-state index is 11.4. The van der Waals surface area contributed by atoms with Gasteiger partial charge in [0.2, 0.25) is 0 Å². The molecule has 0 saturated carbocycles. The van der Waals surface area contributed by atoms with Crippen molar-refractivity contribution >= 4 is 5.97 Å². The van der Waals surface area contributed by atoms with E-state index in [4.69, 9.17) is 14.2 Å². The van der Waals surface area contributed by atoms with Crippen LogP contribution >= 0.6 is 0 Å². The fourth-order valence-electron chi connectivity index (χ4n) is 3.01. The zero-order chi connectivity index (χ0) is 15.7. The third-order valence-corrected chi connectivity index (χ3v) is 4.27. The van der Waals surface area contributed by atoms with Crippen LogP contribution in [0.2, 0.25) is 0 Å². The van der Waals surface area contributed by atoms with Crippen molar-refractivity contribution in [1.82, 2.24) is 4.90 Å². The first-order valence-electron chi connectivity index (χ1n) is 7.79. The number of fused-ring (bicyclic) bond motifs is 1. The summed E-state index contributed by atoms with van der Waals surface area (Å²) in [5, 5.41) is 0. The van der Waals surface area contributed by atoms with Gasteiger partial charge in [0.1, 0.15) is 19.0 Å². The van der Waals surface area contributed by atoms with Crippen LogP contribution in [0.5, 0.6) is 5.75 Å². The SMILES string of the molecule is CCN1CC(C)(C)OCC1COc1ccc2c(c1)COC2=O. The van der Waals surface area contributed by atoms with Crippen molar-refractivity contribution in [3.8, 4) is 5.75 Å². The number of hydrogen-bond donors (Lipinski definition) is 0. The lowest BCUT2D eigenvalue weighted by atomic mass is 10.0. The number of esters is 1. The van der Waals surface area contributed by atoms with Crippen molar-refractivity contribution < 1.29 is 19.0 Å². The van der Waals surface area contributed by atoms with Crippen LogP contribution in [0, 0.1) is 0 Å². The summed E-state index contributed by atoms with van der Waals surface area (Å²) in [6, 6.07) is 5.75. The van der Waals surface area contributed by atoms with Gasteiger partial charge in [-0.05, 0) is 38.6 Å². The molecule has 0 aromatic heterocycles. The number of hydrogen-bond acceptors (Lipinski definition) is 5. The Hall–Kier alpha value is -1.59. The zero-order valence-electron chi connectivity index (χ0n) is 13.4. The first kappa shape index (κ1) is 15.3. The summed E-state index contributed by atoms with van der Waals surface area (Å²) >= 11 is 0. The highest BCUT2D eigenvalue weighted by atomic mass is 16.5. The number of morpholine rings is 1. The summed E-state index contributed by atoms with van der Waals surface area (Å²) in [5.74, 6) is 0.527. The molecule has 1 aromatic rings. The standard InChI is InChI=1S/C17H23NO4/c1-4-18-11-17(2,3)22-10-13(18)9-20-14-5-6-15-12(7-14)8-21-16(15)19/h5-7,13H,4,8-11H2,1-3H3. The Morgan fingerprint density at radius 3 is 3.00 bits per heavy atom. The van der Waals surface area contributed by atoms with E-state index >= 15 is 0 Å². The van der Waals surface area contributed by atoms with E-state index in [9.17, 15) is 4.79 Å². The van der Waals surface area contributed by atoms with E-state index in [1.807, 2.05) is 12.1 Å². The fourth-order valence-corrected chi connectivity index (χ4v) is 3.01. The second-order valence-corrected chi connectivity index (χ2v) is 6.49. The van der Waals surface area contributed by atoms with Gasteiger partial charge in [0.15, 0.2) is 0 Å². The predicted molar refractivity (Wildman–Crippen MR) is 82.1 cm³/mol. The Morgan fingerprint density at radius 2 is 2.23 bits per heavy atom. The molecule has 0 radical (unpaired) electrons. The van der Waals surface area contributed by atoms with Crippen molar-refractivity contribution in [2.75, 3.05) is 26.3 Å². The van der Waals surface area contributed by atoms with Gasteiger partial charge in [-0.2, -0.15) is 0 Å². The highest BCUT2D eigenvalue weighted by Gasteiger charge is 2.33. The van der Waals surface area contributed by atoms with Crippen LogP contribution in [-0.4, -0.2) is 48.8 Å². The van der Waals surface area contributed by atoms with Gasteiger partial charge in [0.05, 0.1) is 23.8 Å². The van der Waals surface area contributed by atoms with Gasteiger partial charge in [0.25, 0.3) is 0 Å². The van der Waals surface area contributed by atoms with Crippen molar-refractivity contribution in [2.24, 2.45) is 0 Å². The maximum Gasteiger partial charge on any atom is 0.338 e. The van der Waals surface area contributed by atoms with Gasteiger partial charge >= 0.3 is 5.97 Å². The van der Waals surface area contributed by atoms with E-state index in [0.29, 0.717) is 25.4 Å². The van der Waals surface area contributed by atoms with E-state index in [1.165, 1.54) is 0 Å². The summed E-state index contributed by atoms with van der Waals surface area (Å²) in [4.78, 5) is 13.8. The third kappa shape index (κ3) is 3.10. The van der Waals surface area contributed by atoms with Crippen LogP contribution in [0.4, 0.5) is 0 Å². The molecule has 2 heterocycles. The molecule has 2 aliphatic heterocycles. The van der Waals surface area contributed by atoms with Crippen LogP contribution in [0.3, 0.4) is 0 Å². The van der Waals surface area contributed by atoms with Crippen LogP contribution in [0.15, 0.2) is 18.2 Å². The summed E-state index contributed by atoms with van der Waals surface area (Å²) in [6.45, 7) is 9.87. The lowest BCUT2D eigenvalue weighted by Crippen LogP contribution is -2.55. The van der Waals surface area contributed by atoms with Gasteiger partial charge in [-0.25, -0.2) is 4.79 Å². The number of likely N-dealkylation sites (N-methyl/N-ethyl adjacent to an activating group) is 1. The molecule has 0 amide bonds. The Balaban J connectivity index is 1.62. The fraction of sp³-hybridized carbons (Fsp3) is 0.588. The second-order valence-electron chi connectivity index (χ2n) is 6.49. The van der Waals surface area contributed by atoms with Crippen LogP contribution in [0.1, 0.15) is 36.7 Å². The van der Waals surface area contributed by atoms with E-state index in [1.54, 1.807) is 6.07 Å². The molecule has 22 heavy (non-hydrogen) atoms. The lowest BCUT2D eigenvalue weighted by Gasteiger charge is -2.43. The van der Waals surface area contributed by atoms with Crippen molar-refractivity contribution in [3.05, 3.63) is 29.3 Å². The first-order chi connectivity index (χ1) is 10.5. The van der Waals surface area contributed by atoms with Crippen LogP contribution in [-0.2, 0) is 16.1 Å². The Kier molecular flexibility index (Phi) is 4.10. The van der Waals surface area contributed by atoms with Gasteiger partial charge < -0.3 is 14.2 Å². The molecule has 1 atom stereocenters. The minimum Gasteiger partial charge on any atom is -0.492 e. The summed E-state index contributed by atoms with van der Waals surface area (Å²) in [5.41, 5.74) is 1.44. The molecule has 1 aromatic carbocycles. The molecule has 3 rings (SSSR count). The molecule has 5 heteroatoms. The smallest absolute Gasteiger partial charge is 0.338 e. The summed E-state index contributed by atoms with van der Waals surface area (Å²) in [6.07, 6.45) is 0. The topological polar surface area (TPSA) is 48.0 Å². The van der Waals surface area contributed by atoms with Crippen molar-refractivity contribution in [3.63, 3.8) is 0 Å². The highest BCUT2D eigenvalue weighted by molar-refractivity contribution is 5.93. The molecular weight excluding hydrogens is 282 g/mol. The van der Waals surface area contributed by atoms with Gasteiger partial charge in [-0.1, -0.05) is 6.92 Å². The minimum absolute atomic E-state index is 0.0994. The van der Waals surface area contributed by atoms with Gasteiger partial charge in [-0.3, -0.25) is 4.90 Å². The van der Waals surface area contributed by atoms with E-state index in [2.05, 4.69) is 25.7 Å². The van der Waals surface area contributed by atoms with Crippen LogP contribution < -0.4 is 4.74 Å². The molecule has 1 saturated heterocycles. The molecule has 1 fully saturated rings. The van der Waals surface area contributed by atoms with Crippen molar-refractivity contribution in [2.45, 2.75) is 39.0 Å². The Bertz CT molecular complexity index is 570. The average Bonchev–Trinajstić information content (AvgIpc) is 2.86. The van der Waals surface area contributed by atoms with Gasteiger partial charge in [-0.15, -0.1) is 0 Å². The number of nitrogens with zero attached hydrogens (tertiary/aromatic N) is 1. The second kappa shape index (κ2) is 5.89. The number of cyclic esters (lactones) is 1. The predicted octanol–water partition coefficient (Wildman–Crippen LogP) is 2.24. The molecule has 5 nitrogen and oxygen atoms in total. The molecule has 0 aliphatic carbocycles. The normalized spacial score (nSPS) is 24.0. The Morgan fingerprint density at radius 1 is 1.41 bits per heavy atom. The maximum absolute atomic E-state index is 11.4. The van der Waals surface area contributed by atoms with E-state index in [0.717, 1.165) is 24.4 Å². The number of carbonyl (C=O) groups excluding carboxylic acids is 1. The van der Waals surface area contributed by atoms with E-state index in [-0.39, 0.29) is 17.6 Å². The molecular formula is C17H23NO4. The third-order valence-electron chi connectivity index (χ3n) is 4.27. The molecule has 0 bridgehead atoms. The minimum atomic E-state index is -0.248. The van der Waals surface area contributed by atoms with Gasteiger partial charge in [0, 0.05) is 12.1 Å². The Labute approximate surface area is 131 Å². The zero-order valence-corrected chi connectivity index (χ0v) is 13.4. The molecule has 0 N–H and O–H groups in total. The molecule has 120 valence electrons. The number of rotatable bonds is 4. The van der Waals surface area contributed by atoms with Crippen molar-refractivity contribution in [1.29, 1.82) is 0 Å². The molecule has 1 unspecified atom stereocenters. The largest absolute Gasteiger partial charge is 0.492 e. The number of ether oxygens (including phenoxy) is 3. The molecule has 0 spiro atoms.